The van der Waals surface area contributed by atoms with Crippen molar-refractivity contribution < 1.29 is 14.7 Å². The maximum absolute atomic E-state index is 12.7. The first-order valence-corrected chi connectivity index (χ1v) is 9.01. The molecule has 0 saturated carbocycles. The highest BCUT2D eigenvalue weighted by atomic mass is 16.3. The van der Waals surface area contributed by atoms with Gasteiger partial charge in [-0.2, -0.15) is 5.10 Å². The Morgan fingerprint density at radius 2 is 2.14 bits per heavy atom. The highest BCUT2D eigenvalue weighted by Gasteiger charge is 2.28. The average molecular weight is 376 g/mol. The summed E-state index contributed by atoms with van der Waals surface area (Å²) >= 11 is 0. The van der Waals surface area contributed by atoms with Crippen LogP contribution in [-0.4, -0.2) is 27.1 Å². The Morgan fingerprint density at radius 1 is 1.29 bits per heavy atom. The predicted molar refractivity (Wildman–Crippen MR) is 106 cm³/mol. The molecular weight excluding hydrogens is 356 g/mol. The lowest BCUT2D eigenvalue weighted by Gasteiger charge is -2.28. The average Bonchev–Trinajstić information content (AvgIpc) is 3.11. The number of anilines is 1. The van der Waals surface area contributed by atoms with Crippen LogP contribution in [0.5, 0.6) is 5.75 Å². The fourth-order valence-corrected chi connectivity index (χ4v) is 3.63. The topological polar surface area (TPSA) is 107 Å². The zero-order valence-corrected chi connectivity index (χ0v) is 15.3. The van der Waals surface area contributed by atoms with Crippen molar-refractivity contribution in [1.82, 2.24) is 15.5 Å². The molecule has 1 atom stereocenters. The van der Waals surface area contributed by atoms with Crippen molar-refractivity contribution in [2.75, 3.05) is 5.32 Å². The van der Waals surface area contributed by atoms with Crippen LogP contribution in [0.15, 0.2) is 59.9 Å². The third-order valence-electron chi connectivity index (χ3n) is 4.97. The SMILES string of the molecule is CC1=C(CC(=O)Nc2ccc3[nH]ncc3c2)C(c2cccc(O)c2)CC(=O)N1. The van der Waals surface area contributed by atoms with Gasteiger partial charge in [0.1, 0.15) is 5.75 Å². The summed E-state index contributed by atoms with van der Waals surface area (Å²) in [6.07, 6.45) is 2.09. The van der Waals surface area contributed by atoms with Crippen LogP contribution in [0, 0.1) is 0 Å². The molecule has 1 unspecified atom stereocenters. The largest absolute Gasteiger partial charge is 0.508 e. The molecule has 2 amide bonds. The number of aromatic amines is 1. The van der Waals surface area contributed by atoms with E-state index in [0.29, 0.717) is 11.4 Å². The maximum Gasteiger partial charge on any atom is 0.228 e. The fourth-order valence-electron chi connectivity index (χ4n) is 3.63. The van der Waals surface area contributed by atoms with Gasteiger partial charge in [-0.15, -0.1) is 0 Å². The van der Waals surface area contributed by atoms with Gasteiger partial charge in [0.2, 0.25) is 11.8 Å². The number of amides is 2. The summed E-state index contributed by atoms with van der Waals surface area (Å²) in [5, 5.41) is 23.3. The predicted octanol–water partition coefficient (Wildman–Crippen LogP) is 3.17. The first kappa shape index (κ1) is 17.8. The number of hydrogen-bond donors (Lipinski definition) is 4. The lowest BCUT2D eigenvalue weighted by molar-refractivity contribution is -0.121. The highest BCUT2D eigenvalue weighted by Crippen LogP contribution is 2.36. The molecule has 1 aliphatic rings. The number of rotatable bonds is 4. The van der Waals surface area contributed by atoms with Crippen molar-refractivity contribution in [3.8, 4) is 5.75 Å². The van der Waals surface area contributed by atoms with Crippen molar-refractivity contribution in [3.63, 3.8) is 0 Å². The molecule has 1 aliphatic heterocycles. The number of phenols is 1. The maximum atomic E-state index is 12.7. The molecule has 0 radical (unpaired) electrons. The van der Waals surface area contributed by atoms with Crippen molar-refractivity contribution in [1.29, 1.82) is 0 Å². The number of aromatic nitrogens is 2. The number of aromatic hydroxyl groups is 1. The molecule has 3 aromatic rings. The zero-order chi connectivity index (χ0) is 19.7. The van der Waals surface area contributed by atoms with E-state index in [1.54, 1.807) is 31.3 Å². The van der Waals surface area contributed by atoms with Crippen LogP contribution in [-0.2, 0) is 9.59 Å². The van der Waals surface area contributed by atoms with Crippen LogP contribution in [0.4, 0.5) is 5.69 Å². The smallest absolute Gasteiger partial charge is 0.228 e. The van der Waals surface area contributed by atoms with Gasteiger partial charge in [0.15, 0.2) is 0 Å². The molecule has 142 valence electrons. The number of H-pyrrole nitrogens is 1. The van der Waals surface area contributed by atoms with Crippen LogP contribution in [0.2, 0.25) is 0 Å². The van der Waals surface area contributed by atoms with Crippen LogP contribution < -0.4 is 10.6 Å². The second-order valence-electron chi connectivity index (χ2n) is 6.95. The number of carbonyl (C=O) groups is 2. The Balaban J connectivity index is 1.57. The number of carbonyl (C=O) groups excluding carboxylic acids is 2. The Labute approximate surface area is 161 Å². The minimum atomic E-state index is -0.247. The third-order valence-corrected chi connectivity index (χ3v) is 4.97. The first-order valence-electron chi connectivity index (χ1n) is 9.01. The quantitative estimate of drug-likeness (QED) is 0.561. The Morgan fingerprint density at radius 3 is 2.96 bits per heavy atom. The molecule has 0 aliphatic carbocycles. The molecule has 0 saturated heterocycles. The summed E-state index contributed by atoms with van der Waals surface area (Å²) in [5.41, 5.74) is 3.93. The highest BCUT2D eigenvalue weighted by molar-refractivity contribution is 5.95. The molecule has 1 aromatic heterocycles. The zero-order valence-electron chi connectivity index (χ0n) is 15.3. The van der Waals surface area contributed by atoms with Crippen molar-refractivity contribution in [3.05, 3.63) is 65.5 Å². The fraction of sp³-hybridized carbons (Fsp3) is 0.190. The molecule has 4 rings (SSSR count). The number of benzene rings is 2. The van der Waals surface area contributed by atoms with E-state index in [2.05, 4.69) is 20.8 Å². The van der Waals surface area contributed by atoms with E-state index >= 15 is 0 Å². The Hall–Kier alpha value is -3.61. The second-order valence-corrected chi connectivity index (χ2v) is 6.95. The molecule has 0 bridgehead atoms. The van der Waals surface area contributed by atoms with Gasteiger partial charge in [-0.3, -0.25) is 14.7 Å². The molecule has 2 aromatic carbocycles. The van der Waals surface area contributed by atoms with Crippen molar-refractivity contribution >= 4 is 28.4 Å². The number of hydrogen-bond acceptors (Lipinski definition) is 4. The summed E-state index contributed by atoms with van der Waals surface area (Å²) < 4.78 is 0. The summed E-state index contributed by atoms with van der Waals surface area (Å²) in [6, 6.07) is 12.4. The second kappa shape index (κ2) is 7.19. The molecule has 28 heavy (non-hydrogen) atoms. The van der Waals surface area contributed by atoms with Crippen molar-refractivity contribution in [2.45, 2.75) is 25.7 Å². The van der Waals surface area contributed by atoms with Gasteiger partial charge in [-0.05, 0) is 48.4 Å². The molecule has 7 heteroatoms. The van der Waals surface area contributed by atoms with E-state index in [-0.39, 0.29) is 36.3 Å². The van der Waals surface area contributed by atoms with Gasteiger partial charge >= 0.3 is 0 Å². The number of allylic oxidation sites excluding steroid dienone is 1. The Kier molecular flexibility index (Phi) is 4.57. The van der Waals surface area contributed by atoms with E-state index in [9.17, 15) is 14.7 Å². The van der Waals surface area contributed by atoms with Crippen LogP contribution in [0.25, 0.3) is 10.9 Å². The van der Waals surface area contributed by atoms with Gasteiger partial charge in [-0.1, -0.05) is 12.1 Å². The van der Waals surface area contributed by atoms with Gasteiger partial charge < -0.3 is 15.7 Å². The molecule has 0 spiro atoms. The molecule has 7 nitrogen and oxygen atoms in total. The van der Waals surface area contributed by atoms with E-state index in [4.69, 9.17) is 0 Å². The number of nitrogens with zero attached hydrogens (tertiary/aromatic N) is 1. The lowest BCUT2D eigenvalue weighted by atomic mass is 9.83. The summed E-state index contributed by atoms with van der Waals surface area (Å²) in [7, 11) is 0. The van der Waals surface area contributed by atoms with E-state index < -0.39 is 0 Å². The third kappa shape index (κ3) is 3.59. The summed E-state index contributed by atoms with van der Waals surface area (Å²) in [4.78, 5) is 24.7. The minimum absolute atomic E-state index is 0.0968. The number of nitrogens with one attached hydrogen (secondary N) is 3. The summed E-state index contributed by atoms with van der Waals surface area (Å²) in [5.74, 6) is -0.375. The first-order chi connectivity index (χ1) is 13.5. The van der Waals surface area contributed by atoms with E-state index in [0.717, 1.165) is 22.0 Å². The van der Waals surface area contributed by atoms with Crippen LogP contribution in [0.3, 0.4) is 0 Å². The minimum Gasteiger partial charge on any atom is -0.508 e. The molecule has 2 heterocycles. The van der Waals surface area contributed by atoms with E-state index in [1.807, 2.05) is 24.3 Å². The molecular formula is C21H20N4O3. The number of fused-ring (bicyclic) bond motifs is 1. The number of phenolic OH excluding ortho intramolecular Hbond substituents is 1. The Bertz CT molecular complexity index is 1100. The van der Waals surface area contributed by atoms with Gasteiger partial charge in [0.05, 0.1) is 18.1 Å². The van der Waals surface area contributed by atoms with Gasteiger partial charge in [0.25, 0.3) is 0 Å². The van der Waals surface area contributed by atoms with E-state index in [1.165, 1.54) is 0 Å². The monoisotopic (exact) mass is 376 g/mol. The summed E-state index contributed by atoms with van der Waals surface area (Å²) in [6.45, 7) is 1.80. The standard InChI is InChI=1S/C21H20N4O3/c1-12-17(18(10-20(27)23-12)13-3-2-4-16(26)8-13)9-21(28)24-15-5-6-19-14(7-15)11-22-25-19/h2-8,11,18,26H,9-10H2,1H3,(H,22,25)(H,23,27)(H,24,28). The molecule has 4 N–H and O–H groups in total. The lowest BCUT2D eigenvalue weighted by Crippen LogP contribution is -2.32. The van der Waals surface area contributed by atoms with Gasteiger partial charge in [-0.25, -0.2) is 0 Å². The normalized spacial score (nSPS) is 16.9. The van der Waals surface area contributed by atoms with Crippen LogP contribution >= 0.6 is 0 Å². The van der Waals surface area contributed by atoms with Crippen LogP contribution in [0.1, 0.15) is 31.2 Å². The van der Waals surface area contributed by atoms with Gasteiger partial charge in [0, 0.05) is 29.1 Å². The van der Waals surface area contributed by atoms with Crippen molar-refractivity contribution in [2.24, 2.45) is 0 Å². The molecule has 0 fully saturated rings.